The smallest absolute Gasteiger partial charge is 0.410 e. The second-order valence-corrected chi connectivity index (χ2v) is 11.1. The number of benzene rings is 1. The molecule has 2 bridgehead atoms. The second-order valence-electron chi connectivity index (χ2n) is 8.95. The van der Waals surface area contributed by atoms with Crippen LogP contribution in [0.4, 0.5) is 4.79 Å². The Hall–Kier alpha value is -1.89. The van der Waals surface area contributed by atoms with Crippen molar-refractivity contribution in [3.8, 4) is 0 Å². The Morgan fingerprint density at radius 2 is 1.71 bits per heavy atom. The molecule has 2 heterocycles. The van der Waals surface area contributed by atoms with Gasteiger partial charge < -0.3 is 9.64 Å². The number of hydrogen-bond acceptors (Lipinski definition) is 5. The van der Waals surface area contributed by atoms with Gasteiger partial charge in [-0.15, -0.1) is 0 Å². The fourth-order valence-electron chi connectivity index (χ4n) is 4.51. The Morgan fingerprint density at radius 1 is 1.11 bits per heavy atom. The average molecular weight is 408 g/mol. The first-order chi connectivity index (χ1) is 12.9. The minimum Gasteiger partial charge on any atom is -0.444 e. The van der Waals surface area contributed by atoms with Gasteiger partial charge in [-0.1, -0.05) is 17.7 Å². The molecule has 0 aromatic heterocycles. The van der Waals surface area contributed by atoms with E-state index < -0.39 is 38.7 Å². The molecular weight excluding hydrogens is 378 g/mol. The van der Waals surface area contributed by atoms with Gasteiger partial charge in [0.05, 0.1) is 16.1 Å². The Morgan fingerprint density at radius 3 is 2.25 bits per heavy atom. The van der Waals surface area contributed by atoms with E-state index in [1.165, 1.54) is 6.92 Å². The van der Waals surface area contributed by atoms with E-state index in [4.69, 9.17) is 4.74 Å². The Bertz CT molecular complexity index is 869. The minimum absolute atomic E-state index is 0.195. The standard InChI is InChI=1S/C21H29NO5S/c1-13-6-9-16(10-7-13)28(25,26)18-12-15-8-11-17(19(18)14(2)23)22(15)20(24)27-21(3,4)5/h6-7,9-10,15,17-19H,8,11-12H2,1-5H3/t15-,17+,18-,19+/m1/s1. The Kier molecular flexibility index (Phi) is 5.34. The van der Waals surface area contributed by atoms with Crippen molar-refractivity contribution in [2.24, 2.45) is 5.92 Å². The lowest BCUT2D eigenvalue weighted by atomic mass is 9.87. The van der Waals surface area contributed by atoms with Crippen molar-refractivity contribution in [3.63, 3.8) is 0 Å². The number of nitrogens with zero attached hydrogens (tertiary/aromatic N) is 1. The third kappa shape index (κ3) is 3.81. The summed E-state index contributed by atoms with van der Waals surface area (Å²) in [7, 11) is -3.68. The first kappa shape index (κ1) is 20.8. The molecule has 1 amide bonds. The SMILES string of the molecule is CC(=O)[C@@H]1[C@H](S(=O)(=O)c2ccc(C)cc2)C[C@H]2CC[C@@H]1N2C(=O)OC(C)(C)C. The molecule has 28 heavy (non-hydrogen) atoms. The van der Waals surface area contributed by atoms with Crippen molar-refractivity contribution in [1.82, 2.24) is 4.90 Å². The molecule has 0 unspecified atom stereocenters. The summed E-state index contributed by atoms with van der Waals surface area (Å²) in [6, 6.07) is 6.07. The van der Waals surface area contributed by atoms with Gasteiger partial charge in [0.2, 0.25) is 0 Å². The summed E-state index contributed by atoms with van der Waals surface area (Å²) in [6.45, 7) is 8.71. The van der Waals surface area contributed by atoms with E-state index in [1.807, 2.05) is 6.92 Å². The Balaban J connectivity index is 1.95. The number of aryl methyl sites for hydroxylation is 1. The van der Waals surface area contributed by atoms with E-state index in [9.17, 15) is 18.0 Å². The van der Waals surface area contributed by atoms with Crippen LogP contribution in [0, 0.1) is 12.8 Å². The van der Waals surface area contributed by atoms with Crippen molar-refractivity contribution in [2.75, 3.05) is 0 Å². The van der Waals surface area contributed by atoms with Gasteiger partial charge >= 0.3 is 6.09 Å². The molecule has 0 saturated carbocycles. The van der Waals surface area contributed by atoms with Crippen LogP contribution < -0.4 is 0 Å². The molecule has 0 aliphatic carbocycles. The van der Waals surface area contributed by atoms with Gasteiger partial charge in [0.1, 0.15) is 11.4 Å². The summed E-state index contributed by atoms with van der Waals surface area (Å²) in [4.78, 5) is 27.1. The molecule has 0 spiro atoms. The van der Waals surface area contributed by atoms with Crippen LogP contribution in [0.3, 0.4) is 0 Å². The van der Waals surface area contributed by atoms with Gasteiger partial charge in [0.15, 0.2) is 9.84 Å². The average Bonchev–Trinajstić information content (AvgIpc) is 2.86. The molecule has 4 atom stereocenters. The summed E-state index contributed by atoms with van der Waals surface area (Å²) in [5.74, 6) is -0.933. The fraction of sp³-hybridized carbons (Fsp3) is 0.619. The van der Waals surface area contributed by atoms with Crippen molar-refractivity contribution in [2.45, 2.75) is 81.7 Å². The molecule has 7 heteroatoms. The maximum Gasteiger partial charge on any atom is 0.410 e. The molecular formula is C21H29NO5S. The number of ketones is 1. The zero-order valence-corrected chi connectivity index (χ0v) is 18.0. The summed E-state index contributed by atoms with van der Waals surface area (Å²) in [6.07, 6.45) is 1.11. The van der Waals surface area contributed by atoms with Crippen molar-refractivity contribution < 1.29 is 22.7 Å². The Labute approximate surface area is 167 Å². The quantitative estimate of drug-likeness (QED) is 0.766. The van der Waals surface area contributed by atoms with Gasteiger partial charge in [-0.05, 0) is 66.0 Å². The molecule has 1 aromatic rings. The van der Waals surface area contributed by atoms with Crippen LogP contribution in [0.2, 0.25) is 0 Å². The molecule has 1 aromatic carbocycles. The molecule has 2 aliphatic rings. The van der Waals surface area contributed by atoms with Crippen LogP contribution in [0.25, 0.3) is 0 Å². The zero-order chi connectivity index (χ0) is 20.9. The van der Waals surface area contributed by atoms with E-state index in [0.717, 1.165) is 5.56 Å². The van der Waals surface area contributed by atoms with Crippen molar-refractivity contribution in [1.29, 1.82) is 0 Å². The number of fused-ring (bicyclic) bond motifs is 2. The topological polar surface area (TPSA) is 80.8 Å². The van der Waals surface area contributed by atoms with Crippen LogP contribution in [0.15, 0.2) is 29.2 Å². The van der Waals surface area contributed by atoms with Gasteiger partial charge in [-0.3, -0.25) is 4.79 Å². The number of piperidine rings is 1. The highest BCUT2D eigenvalue weighted by atomic mass is 32.2. The van der Waals surface area contributed by atoms with E-state index in [2.05, 4.69) is 0 Å². The molecule has 0 N–H and O–H groups in total. The van der Waals surface area contributed by atoms with E-state index in [1.54, 1.807) is 49.9 Å². The number of sulfone groups is 1. The lowest BCUT2D eigenvalue weighted by molar-refractivity contribution is -0.123. The summed E-state index contributed by atoms with van der Waals surface area (Å²) in [5, 5.41) is -0.816. The lowest BCUT2D eigenvalue weighted by Gasteiger charge is -2.43. The number of carbonyl (C=O) groups excluding carboxylic acids is 2. The normalized spacial score (nSPS) is 27.5. The first-order valence-corrected chi connectivity index (χ1v) is 11.3. The summed E-state index contributed by atoms with van der Waals surface area (Å²) in [5.41, 5.74) is 0.328. The second kappa shape index (κ2) is 7.17. The van der Waals surface area contributed by atoms with Gasteiger partial charge in [0.25, 0.3) is 0 Å². The number of ether oxygens (including phenoxy) is 1. The van der Waals surface area contributed by atoms with E-state index in [-0.39, 0.29) is 23.1 Å². The third-order valence-corrected chi connectivity index (χ3v) is 7.90. The van der Waals surface area contributed by atoms with Gasteiger partial charge in [-0.25, -0.2) is 13.2 Å². The highest BCUT2D eigenvalue weighted by molar-refractivity contribution is 7.92. The zero-order valence-electron chi connectivity index (χ0n) is 17.1. The van der Waals surface area contributed by atoms with Crippen molar-refractivity contribution >= 4 is 21.7 Å². The molecule has 0 radical (unpaired) electrons. The largest absolute Gasteiger partial charge is 0.444 e. The molecule has 2 fully saturated rings. The van der Waals surface area contributed by atoms with Crippen molar-refractivity contribution in [3.05, 3.63) is 29.8 Å². The lowest BCUT2D eigenvalue weighted by Crippen LogP contribution is -2.57. The predicted octanol–water partition coefficient (Wildman–Crippen LogP) is 3.51. The number of hydrogen-bond donors (Lipinski definition) is 0. The minimum atomic E-state index is -3.68. The van der Waals surface area contributed by atoms with Crippen LogP contribution in [-0.2, 0) is 19.4 Å². The predicted molar refractivity (Wildman–Crippen MR) is 106 cm³/mol. The number of carbonyl (C=O) groups is 2. The van der Waals surface area contributed by atoms with Crippen LogP contribution in [0.5, 0.6) is 0 Å². The number of amides is 1. The van der Waals surface area contributed by atoms with E-state index in [0.29, 0.717) is 12.8 Å². The maximum atomic E-state index is 13.4. The first-order valence-electron chi connectivity index (χ1n) is 9.74. The highest BCUT2D eigenvalue weighted by Gasteiger charge is 2.55. The maximum absolute atomic E-state index is 13.4. The van der Waals surface area contributed by atoms with Crippen LogP contribution in [-0.4, -0.2) is 48.1 Å². The van der Waals surface area contributed by atoms with E-state index >= 15 is 0 Å². The van der Waals surface area contributed by atoms with Crippen LogP contribution in [0.1, 0.15) is 52.5 Å². The molecule has 3 rings (SSSR count). The molecule has 154 valence electrons. The molecule has 6 nitrogen and oxygen atoms in total. The summed E-state index contributed by atoms with van der Waals surface area (Å²) < 4.78 is 32.2. The molecule has 2 aliphatic heterocycles. The third-order valence-electron chi connectivity index (χ3n) is 5.69. The highest BCUT2D eigenvalue weighted by Crippen LogP contribution is 2.44. The van der Waals surface area contributed by atoms with Crippen LogP contribution >= 0.6 is 0 Å². The molecule has 2 saturated heterocycles. The fourth-order valence-corrected chi connectivity index (χ4v) is 6.61. The summed E-state index contributed by atoms with van der Waals surface area (Å²) >= 11 is 0. The number of Topliss-reactive ketones (excluding diaryl/α,β-unsaturated/α-hetero) is 1. The monoisotopic (exact) mass is 407 g/mol. The number of rotatable bonds is 3. The van der Waals surface area contributed by atoms with Gasteiger partial charge in [-0.2, -0.15) is 0 Å². The van der Waals surface area contributed by atoms with Gasteiger partial charge in [0, 0.05) is 12.1 Å².